The van der Waals surface area contributed by atoms with E-state index in [1.807, 2.05) is 0 Å². The van der Waals surface area contributed by atoms with Crippen molar-refractivity contribution in [3.8, 4) is 0 Å². The zero-order chi connectivity index (χ0) is 21.6. The second-order valence-corrected chi connectivity index (χ2v) is 12.7. The summed E-state index contributed by atoms with van der Waals surface area (Å²) in [6.07, 6.45) is 20.7. The predicted octanol–water partition coefficient (Wildman–Crippen LogP) is 7.14. The Morgan fingerprint density at radius 2 is 1.61 bits per heavy atom. The van der Waals surface area contributed by atoms with E-state index in [0.717, 1.165) is 47.5 Å². The van der Waals surface area contributed by atoms with Gasteiger partial charge in [-0.1, -0.05) is 72.1 Å². The Kier molecular flexibility index (Phi) is 9.21. The Morgan fingerprint density at radius 1 is 0.774 bits per heavy atom. The molecule has 0 aromatic rings. The number of hydrogen-bond donors (Lipinski definition) is 1. The third-order valence-corrected chi connectivity index (χ3v) is 10.4. The summed E-state index contributed by atoms with van der Waals surface area (Å²) in [5.41, 5.74) is 0. The molecular formula is C29H54N2. The highest BCUT2D eigenvalue weighted by Gasteiger charge is 2.33. The first-order chi connectivity index (χ1) is 15.1. The lowest BCUT2D eigenvalue weighted by atomic mass is 9.70. The van der Waals surface area contributed by atoms with Gasteiger partial charge in [-0.2, -0.15) is 0 Å². The van der Waals surface area contributed by atoms with E-state index in [0.29, 0.717) is 0 Å². The molecule has 0 spiro atoms. The normalized spacial score (nSPS) is 39.6. The maximum absolute atomic E-state index is 4.09. The van der Waals surface area contributed by atoms with Crippen LogP contribution in [0.5, 0.6) is 0 Å². The quantitative estimate of drug-likeness (QED) is 0.440. The van der Waals surface area contributed by atoms with Gasteiger partial charge in [0, 0.05) is 12.6 Å². The van der Waals surface area contributed by atoms with Gasteiger partial charge in [0.15, 0.2) is 0 Å². The SMILES string of the molecule is CC1CCCC(NCC(CCN2CCC(C3CCCCC3)C2)C2CCC(C)C(C)C2)C1. The molecule has 7 atom stereocenters. The highest BCUT2D eigenvalue weighted by molar-refractivity contribution is 4.86. The van der Waals surface area contributed by atoms with Crippen molar-refractivity contribution in [2.45, 2.75) is 117 Å². The van der Waals surface area contributed by atoms with Gasteiger partial charge in [-0.3, -0.25) is 0 Å². The Hall–Kier alpha value is -0.0800. The Bertz CT molecular complexity index is 513. The van der Waals surface area contributed by atoms with Gasteiger partial charge in [-0.25, -0.2) is 0 Å². The summed E-state index contributed by atoms with van der Waals surface area (Å²) in [6.45, 7) is 13.0. The maximum atomic E-state index is 4.09. The van der Waals surface area contributed by atoms with Gasteiger partial charge in [0.2, 0.25) is 0 Å². The number of rotatable bonds is 8. The summed E-state index contributed by atoms with van der Waals surface area (Å²) in [6, 6.07) is 0.800. The van der Waals surface area contributed by atoms with Crippen molar-refractivity contribution in [3.63, 3.8) is 0 Å². The zero-order valence-corrected chi connectivity index (χ0v) is 21.3. The van der Waals surface area contributed by atoms with Gasteiger partial charge in [0.25, 0.3) is 0 Å². The smallest absolute Gasteiger partial charge is 0.00697 e. The average molecular weight is 431 g/mol. The van der Waals surface area contributed by atoms with Crippen LogP contribution >= 0.6 is 0 Å². The summed E-state index contributed by atoms with van der Waals surface area (Å²) in [7, 11) is 0. The van der Waals surface area contributed by atoms with Gasteiger partial charge in [0.05, 0.1) is 0 Å². The molecule has 0 bridgehead atoms. The minimum Gasteiger partial charge on any atom is -0.314 e. The molecule has 3 aliphatic carbocycles. The molecule has 1 aliphatic heterocycles. The molecule has 0 aromatic heterocycles. The largest absolute Gasteiger partial charge is 0.314 e. The third kappa shape index (κ3) is 6.95. The molecule has 180 valence electrons. The van der Waals surface area contributed by atoms with E-state index in [4.69, 9.17) is 0 Å². The van der Waals surface area contributed by atoms with Gasteiger partial charge in [-0.15, -0.1) is 0 Å². The molecule has 1 N–H and O–H groups in total. The second kappa shape index (κ2) is 11.9. The van der Waals surface area contributed by atoms with Crippen molar-refractivity contribution >= 4 is 0 Å². The third-order valence-electron chi connectivity index (χ3n) is 10.4. The molecule has 2 heteroatoms. The lowest BCUT2D eigenvalue weighted by molar-refractivity contribution is 0.133. The maximum Gasteiger partial charge on any atom is 0.00697 e. The Morgan fingerprint density at radius 3 is 2.39 bits per heavy atom. The first kappa shape index (κ1) is 24.1. The van der Waals surface area contributed by atoms with E-state index < -0.39 is 0 Å². The molecule has 31 heavy (non-hydrogen) atoms. The number of likely N-dealkylation sites (tertiary alicyclic amines) is 1. The first-order valence-corrected chi connectivity index (χ1v) is 14.5. The fourth-order valence-electron chi connectivity index (χ4n) is 7.86. The lowest BCUT2D eigenvalue weighted by Gasteiger charge is -2.38. The number of nitrogens with zero attached hydrogens (tertiary/aromatic N) is 1. The summed E-state index contributed by atoms with van der Waals surface area (Å²) in [4.78, 5) is 2.86. The van der Waals surface area contributed by atoms with Crippen LogP contribution < -0.4 is 5.32 Å². The van der Waals surface area contributed by atoms with Crippen LogP contribution in [0.3, 0.4) is 0 Å². The second-order valence-electron chi connectivity index (χ2n) is 12.7. The van der Waals surface area contributed by atoms with Crippen LogP contribution in [0.15, 0.2) is 0 Å². The zero-order valence-electron chi connectivity index (χ0n) is 21.3. The number of nitrogens with one attached hydrogen (secondary N) is 1. The van der Waals surface area contributed by atoms with Crippen molar-refractivity contribution < 1.29 is 0 Å². The molecule has 4 rings (SSSR count). The van der Waals surface area contributed by atoms with Crippen LogP contribution in [0.4, 0.5) is 0 Å². The van der Waals surface area contributed by atoms with Crippen molar-refractivity contribution in [1.82, 2.24) is 10.2 Å². The molecule has 3 saturated carbocycles. The van der Waals surface area contributed by atoms with Crippen LogP contribution in [0, 0.1) is 41.4 Å². The van der Waals surface area contributed by atoms with Gasteiger partial charge < -0.3 is 10.2 Å². The Labute approximate surface area is 194 Å². The minimum absolute atomic E-state index is 0.800. The molecule has 0 radical (unpaired) electrons. The van der Waals surface area contributed by atoms with E-state index in [1.165, 1.54) is 116 Å². The van der Waals surface area contributed by atoms with Crippen LogP contribution in [-0.2, 0) is 0 Å². The van der Waals surface area contributed by atoms with Crippen LogP contribution in [0.1, 0.15) is 111 Å². The molecule has 0 aromatic carbocycles. The number of hydrogen-bond acceptors (Lipinski definition) is 2. The standard InChI is InChI=1S/C29H54N2/c1-22-8-7-11-29(18-22)30-20-27(26-13-12-23(2)24(3)19-26)14-16-31-17-15-28(21-31)25-9-5-4-6-10-25/h22-30H,4-21H2,1-3H3. The van der Waals surface area contributed by atoms with Gasteiger partial charge in [0.1, 0.15) is 0 Å². The lowest BCUT2D eigenvalue weighted by Crippen LogP contribution is -2.40. The minimum atomic E-state index is 0.800. The molecule has 7 unspecified atom stereocenters. The van der Waals surface area contributed by atoms with Gasteiger partial charge >= 0.3 is 0 Å². The molecule has 0 amide bonds. The monoisotopic (exact) mass is 430 g/mol. The van der Waals surface area contributed by atoms with E-state index in [9.17, 15) is 0 Å². The fraction of sp³-hybridized carbons (Fsp3) is 1.00. The first-order valence-electron chi connectivity index (χ1n) is 14.5. The average Bonchev–Trinajstić information content (AvgIpc) is 3.26. The Balaban J connectivity index is 1.27. The molecule has 1 saturated heterocycles. The molecule has 4 aliphatic rings. The van der Waals surface area contributed by atoms with E-state index in [1.54, 1.807) is 0 Å². The van der Waals surface area contributed by atoms with Crippen molar-refractivity contribution in [3.05, 3.63) is 0 Å². The van der Waals surface area contributed by atoms with Crippen molar-refractivity contribution in [2.24, 2.45) is 41.4 Å². The summed E-state index contributed by atoms with van der Waals surface area (Å²) in [5, 5.41) is 4.09. The van der Waals surface area contributed by atoms with Gasteiger partial charge in [-0.05, 0) is 99.6 Å². The predicted molar refractivity (Wildman–Crippen MR) is 134 cm³/mol. The molecular weight excluding hydrogens is 376 g/mol. The molecule has 2 nitrogen and oxygen atoms in total. The fourth-order valence-corrected chi connectivity index (χ4v) is 7.86. The van der Waals surface area contributed by atoms with Crippen molar-refractivity contribution in [2.75, 3.05) is 26.2 Å². The highest BCUT2D eigenvalue weighted by Crippen LogP contribution is 2.39. The van der Waals surface area contributed by atoms with Crippen LogP contribution in [0.25, 0.3) is 0 Å². The topological polar surface area (TPSA) is 15.3 Å². The van der Waals surface area contributed by atoms with Crippen LogP contribution in [-0.4, -0.2) is 37.1 Å². The van der Waals surface area contributed by atoms with Crippen molar-refractivity contribution in [1.29, 1.82) is 0 Å². The van der Waals surface area contributed by atoms with E-state index in [2.05, 4.69) is 31.0 Å². The highest BCUT2D eigenvalue weighted by atomic mass is 15.1. The summed E-state index contributed by atoms with van der Waals surface area (Å²) < 4.78 is 0. The summed E-state index contributed by atoms with van der Waals surface area (Å²) >= 11 is 0. The van der Waals surface area contributed by atoms with E-state index in [-0.39, 0.29) is 0 Å². The van der Waals surface area contributed by atoms with Crippen LogP contribution in [0.2, 0.25) is 0 Å². The molecule has 4 fully saturated rings. The molecule has 1 heterocycles. The van der Waals surface area contributed by atoms with E-state index >= 15 is 0 Å². The summed E-state index contributed by atoms with van der Waals surface area (Å²) in [5.74, 6) is 6.76.